The van der Waals surface area contributed by atoms with Crippen molar-refractivity contribution >= 4 is 35.0 Å². The molecule has 2 saturated heterocycles. The zero-order chi connectivity index (χ0) is 18.1. The van der Waals surface area contributed by atoms with Crippen molar-refractivity contribution in [3.8, 4) is 5.75 Å². The van der Waals surface area contributed by atoms with Crippen molar-refractivity contribution in [1.29, 1.82) is 0 Å². The average Bonchev–Trinajstić information content (AvgIpc) is 2.89. The Hall–Kier alpha value is -2.12. The number of benzene rings is 1. The van der Waals surface area contributed by atoms with E-state index in [1.807, 2.05) is 4.90 Å². The maximum atomic E-state index is 12.9. The first-order valence-corrected chi connectivity index (χ1v) is 8.54. The van der Waals surface area contributed by atoms with Crippen LogP contribution in [0.2, 0.25) is 5.02 Å². The first-order valence-electron chi connectivity index (χ1n) is 8.16. The van der Waals surface area contributed by atoms with E-state index in [9.17, 15) is 14.4 Å². The van der Waals surface area contributed by atoms with Crippen molar-refractivity contribution in [1.82, 2.24) is 4.90 Å². The summed E-state index contributed by atoms with van der Waals surface area (Å²) < 4.78 is 5.26. The summed E-state index contributed by atoms with van der Waals surface area (Å²) >= 11 is 6.02. The minimum atomic E-state index is -0.523. The third kappa shape index (κ3) is 3.34. The molecule has 3 amide bonds. The maximum absolute atomic E-state index is 12.9. The lowest BCUT2D eigenvalue weighted by atomic mass is 9.95. The number of hydrogen-bond donors (Lipinski definition) is 1. The molecule has 2 aliphatic rings. The Labute approximate surface area is 150 Å². The SMILES string of the molecule is COc1ccc(Cl)cc1N1C(=O)C[C@@H](N2CCC(C(N)=O)CC2)C1=O. The predicted molar refractivity (Wildman–Crippen MR) is 92.4 cm³/mol. The summed E-state index contributed by atoms with van der Waals surface area (Å²) in [4.78, 5) is 39.8. The smallest absolute Gasteiger partial charge is 0.251 e. The number of carbonyl (C=O) groups is 3. The van der Waals surface area contributed by atoms with E-state index in [0.717, 1.165) is 4.90 Å². The van der Waals surface area contributed by atoms with E-state index in [1.54, 1.807) is 18.2 Å². The molecule has 134 valence electrons. The summed E-state index contributed by atoms with van der Waals surface area (Å²) in [5.74, 6) is -0.624. The van der Waals surface area contributed by atoms with E-state index >= 15 is 0 Å². The zero-order valence-corrected chi connectivity index (χ0v) is 14.7. The van der Waals surface area contributed by atoms with Gasteiger partial charge in [-0.15, -0.1) is 0 Å². The summed E-state index contributed by atoms with van der Waals surface area (Å²) in [5, 5.41) is 0.419. The lowest BCUT2D eigenvalue weighted by Gasteiger charge is -2.33. The summed E-state index contributed by atoms with van der Waals surface area (Å²) in [6, 6.07) is 4.30. The Bertz CT molecular complexity index is 716. The molecule has 25 heavy (non-hydrogen) atoms. The van der Waals surface area contributed by atoms with Gasteiger partial charge in [0.2, 0.25) is 11.8 Å². The highest BCUT2D eigenvalue weighted by molar-refractivity contribution is 6.31. The molecule has 0 aromatic heterocycles. The molecular weight excluding hydrogens is 346 g/mol. The Kier molecular flexibility index (Phi) is 4.96. The Morgan fingerprint density at radius 2 is 1.96 bits per heavy atom. The van der Waals surface area contributed by atoms with Gasteiger partial charge in [0.1, 0.15) is 5.75 Å². The minimum absolute atomic E-state index is 0.107. The Morgan fingerprint density at radius 1 is 1.28 bits per heavy atom. The third-order valence-electron chi connectivity index (χ3n) is 4.88. The highest BCUT2D eigenvalue weighted by Gasteiger charge is 2.44. The summed E-state index contributed by atoms with van der Waals surface area (Å²) in [5.41, 5.74) is 5.71. The lowest BCUT2D eigenvalue weighted by Crippen LogP contribution is -2.47. The number of hydrogen-bond acceptors (Lipinski definition) is 5. The van der Waals surface area contributed by atoms with Gasteiger partial charge in [0, 0.05) is 10.9 Å². The number of ether oxygens (including phenoxy) is 1. The Balaban J connectivity index is 1.80. The number of amides is 3. The molecule has 0 spiro atoms. The molecule has 0 unspecified atom stereocenters. The number of halogens is 1. The van der Waals surface area contributed by atoms with Crippen LogP contribution in [-0.2, 0) is 14.4 Å². The molecule has 1 aromatic rings. The van der Waals surface area contributed by atoms with Crippen LogP contribution in [-0.4, -0.2) is 48.9 Å². The number of piperidine rings is 1. The molecule has 8 heteroatoms. The molecule has 0 saturated carbocycles. The van der Waals surface area contributed by atoms with Crippen LogP contribution in [0.15, 0.2) is 18.2 Å². The summed E-state index contributed by atoms with van der Waals surface area (Å²) in [6.07, 6.45) is 1.32. The molecule has 2 aliphatic heterocycles. The van der Waals surface area contributed by atoms with Crippen LogP contribution in [0.1, 0.15) is 19.3 Å². The Morgan fingerprint density at radius 3 is 2.56 bits per heavy atom. The number of anilines is 1. The number of rotatable bonds is 4. The van der Waals surface area contributed by atoms with Crippen LogP contribution >= 0.6 is 11.6 Å². The highest BCUT2D eigenvalue weighted by atomic mass is 35.5. The molecule has 0 aliphatic carbocycles. The summed E-state index contributed by atoms with van der Waals surface area (Å²) in [7, 11) is 1.48. The minimum Gasteiger partial charge on any atom is -0.495 e. The molecule has 2 heterocycles. The van der Waals surface area contributed by atoms with Gasteiger partial charge in [-0.2, -0.15) is 0 Å². The van der Waals surface area contributed by atoms with Crippen molar-refractivity contribution in [3.63, 3.8) is 0 Å². The number of imide groups is 1. The van der Waals surface area contributed by atoms with Crippen molar-refractivity contribution in [3.05, 3.63) is 23.2 Å². The fourth-order valence-electron chi connectivity index (χ4n) is 3.49. The van der Waals surface area contributed by atoms with E-state index in [2.05, 4.69) is 0 Å². The number of nitrogens with zero attached hydrogens (tertiary/aromatic N) is 2. The molecule has 1 atom stereocenters. The van der Waals surface area contributed by atoms with Gasteiger partial charge >= 0.3 is 0 Å². The summed E-state index contributed by atoms with van der Waals surface area (Å²) in [6.45, 7) is 1.13. The fraction of sp³-hybridized carbons (Fsp3) is 0.471. The second kappa shape index (κ2) is 7.01. The van der Waals surface area contributed by atoms with E-state index in [1.165, 1.54) is 7.11 Å². The van der Waals surface area contributed by atoms with Crippen molar-refractivity contribution in [2.24, 2.45) is 11.7 Å². The quantitative estimate of drug-likeness (QED) is 0.809. The molecule has 7 nitrogen and oxygen atoms in total. The fourth-order valence-corrected chi connectivity index (χ4v) is 3.65. The van der Waals surface area contributed by atoms with Crippen LogP contribution < -0.4 is 15.4 Å². The molecular formula is C17H20ClN3O4. The van der Waals surface area contributed by atoms with Crippen LogP contribution in [0.25, 0.3) is 0 Å². The number of carbonyl (C=O) groups excluding carboxylic acids is 3. The lowest BCUT2D eigenvalue weighted by molar-refractivity contribution is -0.124. The molecule has 0 radical (unpaired) electrons. The first kappa shape index (κ1) is 17.7. The van der Waals surface area contributed by atoms with Gasteiger partial charge in [0.25, 0.3) is 5.91 Å². The second-order valence-electron chi connectivity index (χ2n) is 6.32. The van der Waals surface area contributed by atoms with Crippen LogP contribution in [0.4, 0.5) is 5.69 Å². The van der Waals surface area contributed by atoms with Crippen LogP contribution in [0.5, 0.6) is 5.75 Å². The normalized spacial score (nSPS) is 22.5. The van der Waals surface area contributed by atoms with Gasteiger partial charge in [-0.3, -0.25) is 19.3 Å². The number of primary amides is 1. The van der Waals surface area contributed by atoms with Gasteiger partial charge in [-0.25, -0.2) is 4.90 Å². The molecule has 1 aromatic carbocycles. The third-order valence-corrected chi connectivity index (χ3v) is 5.11. The monoisotopic (exact) mass is 365 g/mol. The number of likely N-dealkylation sites (tertiary alicyclic amines) is 1. The second-order valence-corrected chi connectivity index (χ2v) is 6.75. The zero-order valence-electron chi connectivity index (χ0n) is 13.9. The van der Waals surface area contributed by atoms with Crippen molar-refractivity contribution < 1.29 is 19.1 Å². The molecule has 2 N–H and O–H groups in total. The molecule has 2 fully saturated rings. The predicted octanol–water partition coefficient (Wildman–Crippen LogP) is 1.18. The van der Waals surface area contributed by atoms with Gasteiger partial charge in [-0.05, 0) is 44.1 Å². The topological polar surface area (TPSA) is 92.9 Å². The largest absolute Gasteiger partial charge is 0.495 e. The van der Waals surface area contributed by atoms with Gasteiger partial charge in [0.15, 0.2) is 0 Å². The van der Waals surface area contributed by atoms with Crippen LogP contribution in [0, 0.1) is 5.92 Å². The van der Waals surface area contributed by atoms with Gasteiger partial charge in [-0.1, -0.05) is 11.6 Å². The van der Waals surface area contributed by atoms with E-state index in [-0.39, 0.29) is 30.1 Å². The van der Waals surface area contributed by atoms with Gasteiger partial charge in [0.05, 0.1) is 25.3 Å². The van der Waals surface area contributed by atoms with E-state index < -0.39 is 6.04 Å². The number of methoxy groups -OCH3 is 1. The van der Waals surface area contributed by atoms with E-state index in [4.69, 9.17) is 22.1 Å². The van der Waals surface area contributed by atoms with Gasteiger partial charge < -0.3 is 10.5 Å². The first-order chi connectivity index (χ1) is 11.9. The number of nitrogens with two attached hydrogens (primary N) is 1. The van der Waals surface area contributed by atoms with Crippen LogP contribution in [0.3, 0.4) is 0 Å². The molecule has 3 rings (SSSR count). The average molecular weight is 366 g/mol. The van der Waals surface area contributed by atoms with E-state index in [0.29, 0.717) is 42.4 Å². The van der Waals surface area contributed by atoms with Crippen molar-refractivity contribution in [2.75, 3.05) is 25.1 Å². The standard InChI is InChI=1S/C17H20ClN3O4/c1-25-14-3-2-11(18)8-12(14)21-15(22)9-13(17(21)24)20-6-4-10(5-7-20)16(19)23/h2-3,8,10,13H,4-7,9H2,1H3,(H2,19,23)/t13-/m1/s1. The highest BCUT2D eigenvalue weighted by Crippen LogP contribution is 2.36. The maximum Gasteiger partial charge on any atom is 0.251 e. The molecule has 0 bridgehead atoms. The van der Waals surface area contributed by atoms with Crippen molar-refractivity contribution in [2.45, 2.75) is 25.3 Å².